The minimum atomic E-state index is -1.95. The van der Waals surface area contributed by atoms with Gasteiger partial charge in [0.1, 0.15) is 6.61 Å². The van der Waals surface area contributed by atoms with Crippen LogP contribution in [0, 0.1) is 6.92 Å². The Balaban J connectivity index is 1.43. The number of ether oxygens (including phenoxy) is 1. The quantitative estimate of drug-likeness (QED) is 0.219. The topological polar surface area (TPSA) is 160 Å². The average molecular weight is 576 g/mol. The van der Waals surface area contributed by atoms with Crippen molar-refractivity contribution < 1.29 is 28.6 Å². The van der Waals surface area contributed by atoms with Crippen LogP contribution in [0.1, 0.15) is 45.3 Å². The van der Waals surface area contributed by atoms with Crippen LogP contribution in [0.3, 0.4) is 0 Å². The number of primary amides is 1. The van der Waals surface area contributed by atoms with Crippen LogP contribution in [-0.2, 0) is 16.1 Å². The van der Waals surface area contributed by atoms with Crippen molar-refractivity contribution in [2.24, 2.45) is 5.73 Å². The van der Waals surface area contributed by atoms with E-state index in [-0.39, 0.29) is 18.7 Å². The van der Waals surface area contributed by atoms with E-state index >= 15 is 0 Å². The molecule has 2 aromatic heterocycles. The molecule has 0 bridgehead atoms. The summed E-state index contributed by atoms with van der Waals surface area (Å²) in [6, 6.07) is 17.3. The monoisotopic (exact) mass is 575 g/mol. The number of hydrogen-bond donors (Lipinski definition) is 4. The lowest BCUT2D eigenvalue weighted by Gasteiger charge is -2.40. The van der Waals surface area contributed by atoms with Crippen molar-refractivity contribution in [3.8, 4) is 10.6 Å². The fourth-order valence-corrected chi connectivity index (χ4v) is 5.33. The molecule has 41 heavy (non-hydrogen) atoms. The maximum Gasteiger partial charge on any atom is 0.338 e. The van der Waals surface area contributed by atoms with Crippen LogP contribution in [0.15, 0.2) is 71.3 Å². The third-order valence-electron chi connectivity index (χ3n) is 6.35. The lowest BCUT2D eigenvalue weighted by molar-refractivity contribution is -0.123. The van der Waals surface area contributed by atoms with E-state index in [4.69, 9.17) is 14.9 Å². The number of aromatic nitrogens is 1. The van der Waals surface area contributed by atoms with Gasteiger partial charge in [-0.25, -0.2) is 9.78 Å². The highest BCUT2D eigenvalue weighted by molar-refractivity contribution is 7.17. The Labute approximate surface area is 239 Å². The zero-order chi connectivity index (χ0) is 29.4. The molecule has 0 saturated carbocycles. The van der Waals surface area contributed by atoms with Crippen molar-refractivity contribution in [2.75, 3.05) is 16.8 Å². The minimum absolute atomic E-state index is 0.0823. The lowest BCUT2D eigenvalue weighted by atomic mass is 10.1. The van der Waals surface area contributed by atoms with Gasteiger partial charge in [0, 0.05) is 6.92 Å². The van der Waals surface area contributed by atoms with E-state index in [2.05, 4.69) is 15.6 Å². The second kappa shape index (κ2) is 10.7. The highest BCUT2D eigenvalue weighted by Crippen LogP contribution is 2.41. The van der Waals surface area contributed by atoms with E-state index in [1.807, 2.05) is 30.3 Å². The maximum atomic E-state index is 13.5. The van der Waals surface area contributed by atoms with Gasteiger partial charge in [-0.15, -0.1) is 11.3 Å². The second-order valence-corrected chi connectivity index (χ2v) is 11.3. The number of amides is 2. The Morgan fingerprint density at radius 3 is 2.59 bits per heavy atom. The standard InChI is InChI=1S/C29H29N5O6S/c1-17-31-14-22(40-17)23-11-12-24(41-23)25(35)33-29(27(30)37)32-20-13-19(9-10-21(20)34(29)16-28(2,3)38)26(36)39-15-18-7-5-4-6-8-18/h4-14,32,38H,15-16H2,1-3H3,(H2,30,37)(H,33,35). The van der Waals surface area contributed by atoms with Gasteiger partial charge in [0.2, 0.25) is 0 Å². The Hall–Kier alpha value is -4.68. The van der Waals surface area contributed by atoms with Crippen LogP contribution in [0.4, 0.5) is 11.4 Å². The Bertz CT molecular complexity index is 1610. The molecule has 4 aromatic rings. The largest absolute Gasteiger partial charge is 0.457 e. The number of nitrogens with two attached hydrogens (primary N) is 1. The van der Waals surface area contributed by atoms with Gasteiger partial charge in [-0.2, -0.15) is 0 Å². The predicted octanol–water partition coefficient (Wildman–Crippen LogP) is 3.64. The Morgan fingerprint density at radius 1 is 1.17 bits per heavy atom. The van der Waals surface area contributed by atoms with E-state index in [9.17, 15) is 19.5 Å². The highest BCUT2D eigenvalue weighted by atomic mass is 32.1. The number of aryl methyl sites for hydroxylation is 1. The first-order valence-corrected chi connectivity index (χ1v) is 13.6. The summed E-state index contributed by atoms with van der Waals surface area (Å²) in [4.78, 5) is 45.9. The average Bonchev–Trinajstić information content (AvgIpc) is 3.65. The molecule has 1 atom stereocenters. The number of oxazole rings is 1. The molecule has 11 nitrogen and oxygen atoms in total. The van der Waals surface area contributed by atoms with Gasteiger partial charge < -0.3 is 35.5 Å². The van der Waals surface area contributed by atoms with Crippen LogP contribution in [0.5, 0.6) is 0 Å². The summed E-state index contributed by atoms with van der Waals surface area (Å²) < 4.78 is 11.0. The molecule has 1 unspecified atom stereocenters. The van der Waals surface area contributed by atoms with Gasteiger partial charge >= 0.3 is 5.97 Å². The summed E-state index contributed by atoms with van der Waals surface area (Å²) in [7, 11) is 0. The number of anilines is 2. The zero-order valence-electron chi connectivity index (χ0n) is 22.6. The van der Waals surface area contributed by atoms with Gasteiger partial charge in [0.25, 0.3) is 17.6 Å². The first-order chi connectivity index (χ1) is 19.4. The molecular formula is C29H29N5O6S. The van der Waals surface area contributed by atoms with Gasteiger partial charge in [0.05, 0.1) is 45.0 Å². The van der Waals surface area contributed by atoms with E-state index < -0.39 is 29.2 Å². The van der Waals surface area contributed by atoms with Gasteiger partial charge in [0.15, 0.2) is 11.7 Å². The third-order valence-corrected chi connectivity index (χ3v) is 7.44. The van der Waals surface area contributed by atoms with Crippen molar-refractivity contribution in [3.05, 3.63) is 88.8 Å². The summed E-state index contributed by atoms with van der Waals surface area (Å²) in [6.45, 7) is 4.86. The first kappa shape index (κ1) is 27.9. The number of nitrogens with zero attached hydrogens (tertiary/aromatic N) is 2. The number of nitrogens with one attached hydrogen (secondary N) is 2. The Morgan fingerprint density at radius 2 is 1.93 bits per heavy atom. The first-order valence-electron chi connectivity index (χ1n) is 12.7. The third kappa shape index (κ3) is 5.79. The van der Waals surface area contributed by atoms with Crippen LogP contribution >= 0.6 is 11.3 Å². The van der Waals surface area contributed by atoms with Crippen molar-refractivity contribution in [1.29, 1.82) is 0 Å². The second-order valence-electron chi connectivity index (χ2n) is 10.3. The number of rotatable bonds is 9. The molecule has 0 spiro atoms. The van der Waals surface area contributed by atoms with E-state index in [0.717, 1.165) is 16.9 Å². The number of thiophene rings is 1. The van der Waals surface area contributed by atoms with Crippen LogP contribution < -0.4 is 21.3 Å². The summed E-state index contributed by atoms with van der Waals surface area (Å²) in [5.41, 5.74) is 6.49. The number of benzene rings is 2. The number of β-amino-alcohol motifs (C(OH)–C–C–N with tert-alkyl or cyclic N) is 1. The highest BCUT2D eigenvalue weighted by Gasteiger charge is 2.51. The van der Waals surface area contributed by atoms with Gasteiger partial charge in [-0.3, -0.25) is 9.59 Å². The van der Waals surface area contributed by atoms with Gasteiger partial charge in [-0.05, 0) is 49.7 Å². The molecule has 0 fully saturated rings. The summed E-state index contributed by atoms with van der Waals surface area (Å²) in [5.74, 6) is -3.01. The normalized spacial score (nSPS) is 16.1. The number of aliphatic hydroxyl groups is 1. The molecule has 3 heterocycles. The fraction of sp³-hybridized carbons (Fsp3) is 0.241. The SMILES string of the molecule is Cc1ncc(-c2ccc(C(=O)NC3(C(N)=O)Nc4cc(C(=O)OCc5ccccc5)ccc4N3CC(C)(C)O)s2)o1. The van der Waals surface area contributed by atoms with E-state index in [1.54, 1.807) is 51.2 Å². The molecule has 1 aliphatic heterocycles. The number of esters is 1. The molecule has 0 radical (unpaired) electrons. The number of carbonyl (C=O) groups excluding carboxylic acids is 3. The molecular weight excluding hydrogens is 546 g/mol. The van der Waals surface area contributed by atoms with Crippen molar-refractivity contribution >= 4 is 40.5 Å². The number of hydrogen-bond acceptors (Lipinski definition) is 10. The summed E-state index contributed by atoms with van der Waals surface area (Å²) >= 11 is 1.15. The maximum absolute atomic E-state index is 13.5. The zero-order valence-corrected chi connectivity index (χ0v) is 23.5. The van der Waals surface area contributed by atoms with Crippen molar-refractivity contribution in [3.63, 3.8) is 0 Å². The van der Waals surface area contributed by atoms with Crippen LogP contribution in [0.2, 0.25) is 0 Å². The molecule has 212 valence electrons. The van der Waals surface area contributed by atoms with Crippen molar-refractivity contribution in [1.82, 2.24) is 10.3 Å². The molecule has 2 amide bonds. The van der Waals surface area contributed by atoms with E-state index in [1.165, 1.54) is 11.0 Å². The van der Waals surface area contributed by atoms with Gasteiger partial charge in [-0.1, -0.05) is 30.3 Å². The predicted molar refractivity (Wildman–Crippen MR) is 153 cm³/mol. The Kier molecular flexibility index (Phi) is 7.28. The fourth-order valence-electron chi connectivity index (χ4n) is 4.49. The van der Waals surface area contributed by atoms with E-state index in [0.29, 0.717) is 32.8 Å². The van der Waals surface area contributed by atoms with Crippen LogP contribution in [0.25, 0.3) is 10.6 Å². The van der Waals surface area contributed by atoms with Crippen molar-refractivity contribution in [2.45, 2.75) is 38.8 Å². The summed E-state index contributed by atoms with van der Waals surface area (Å²) in [6.07, 6.45) is 1.57. The molecule has 0 saturated heterocycles. The summed E-state index contributed by atoms with van der Waals surface area (Å²) in [5, 5.41) is 16.4. The molecule has 5 rings (SSSR count). The minimum Gasteiger partial charge on any atom is -0.457 e. The molecule has 12 heteroatoms. The molecule has 2 aromatic carbocycles. The molecule has 1 aliphatic rings. The van der Waals surface area contributed by atoms with Crippen LogP contribution in [-0.4, -0.2) is 45.8 Å². The molecule has 0 aliphatic carbocycles. The number of fused-ring (bicyclic) bond motifs is 1. The lowest BCUT2D eigenvalue weighted by Crippen LogP contribution is -2.71. The molecule has 5 N–H and O–H groups in total. The smallest absolute Gasteiger partial charge is 0.338 e. The number of carbonyl (C=O) groups is 3.